The Morgan fingerprint density at radius 1 is 0.865 bits per heavy atom. The van der Waals surface area contributed by atoms with E-state index in [1.54, 1.807) is 7.11 Å². The van der Waals surface area contributed by atoms with E-state index in [1.165, 1.54) is 57.8 Å². The molecule has 5 aliphatic rings. The Hall–Kier alpha value is -1.29. The number of rotatable bonds is 4. The largest absolute Gasteiger partial charge is 0.395 e. The number of carbonyl (C=O) groups excluding carboxylic acids is 1. The molecule has 37 heavy (non-hydrogen) atoms. The highest BCUT2D eigenvalue weighted by Crippen LogP contribution is 2.45. The topological polar surface area (TPSA) is 65.0 Å². The van der Waals surface area contributed by atoms with Crippen LogP contribution in [0.3, 0.4) is 0 Å². The number of hydrogen-bond acceptors (Lipinski definition) is 4. The average Bonchev–Trinajstić information content (AvgIpc) is 2.92. The zero-order chi connectivity index (χ0) is 25.6. The number of aliphatic hydroxyl groups excluding tert-OH is 1. The minimum atomic E-state index is 0.121. The summed E-state index contributed by atoms with van der Waals surface area (Å²) in [6.45, 7) is 2.97. The lowest BCUT2D eigenvalue weighted by Gasteiger charge is -2.60. The molecule has 6 nitrogen and oxygen atoms in total. The van der Waals surface area contributed by atoms with Gasteiger partial charge in [0, 0.05) is 50.2 Å². The van der Waals surface area contributed by atoms with Crippen LogP contribution in [-0.4, -0.2) is 78.5 Å². The molecule has 2 aliphatic heterocycles. The minimum Gasteiger partial charge on any atom is -0.395 e. The number of hydrogen-bond donors (Lipinski definition) is 2. The second-order valence-corrected chi connectivity index (χ2v) is 12.7. The smallest absolute Gasteiger partial charge is 0.317 e. The van der Waals surface area contributed by atoms with Crippen LogP contribution < -0.4 is 5.32 Å². The number of urea groups is 1. The lowest BCUT2D eigenvalue weighted by Crippen LogP contribution is -2.71. The summed E-state index contributed by atoms with van der Waals surface area (Å²) >= 11 is 0. The molecule has 0 radical (unpaired) electrons. The molecule has 0 aromatic carbocycles. The second kappa shape index (κ2) is 13.2. The van der Waals surface area contributed by atoms with Crippen molar-refractivity contribution in [1.82, 2.24) is 15.1 Å². The third-order valence-corrected chi connectivity index (χ3v) is 10.5. The quantitative estimate of drug-likeness (QED) is 0.530. The predicted octanol–water partition coefficient (Wildman–Crippen LogP) is 4.80. The first-order chi connectivity index (χ1) is 18.2. The number of carbonyl (C=O) groups is 1. The van der Waals surface area contributed by atoms with Gasteiger partial charge in [0.25, 0.3) is 0 Å². The summed E-state index contributed by atoms with van der Waals surface area (Å²) in [6.07, 6.45) is 18.2. The fraction of sp³-hybridized carbons (Fsp3) is 0.903. The standard InChI is InChI=1S/C31H51N3O3/c1-37-27-17-15-26(16-18-27)32-31(36)33-19-5-6-20-34-28(21-33)30(29(34)22-35)25-13-11-24(12-14-25)10-9-23-7-3-2-4-8-23/h23-30,35H,2-8,11-22H2,1H3,(H,32,36)/t24?,25?,26?,27?,28-,29+,30+/m0/s1. The zero-order valence-corrected chi connectivity index (χ0v) is 23.2. The van der Waals surface area contributed by atoms with E-state index < -0.39 is 0 Å². The Bertz CT molecular complexity index is 787. The number of methoxy groups -OCH3 is 1. The normalized spacial score (nSPS) is 37.8. The van der Waals surface area contributed by atoms with Crippen LogP contribution >= 0.6 is 0 Å². The summed E-state index contributed by atoms with van der Waals surface area (Å²) in [7, 11) is 1.79. The molecule has 3 aliphatic carbocycles. The Kier molecular flexibility index (Phi) is 9.72. The van der Waals surface area contributed by atoms with Gasteiger partial charge in [-0.15, -0.1) is 0 Å². The van der Waals surface area contributed by atoms with Gasteiger partial charge in [-0.05, 0) is 95.4 Å². The molecule has 2 heterocycles. The van der Waals surface area contributed by atoms with E-state index in [2.05, 4.69) is 27.0 Å². The van der Waals surface area contributed by atoms with Crippen molar-refractivity contribution in [2.75, 3.05) is 33.4 Å². The van der Waals surface area contributed by atoms with Crippen LogP contribution in [0.15, 0.2) is 0 Å². The molecule has 3 saturated carbocycles. The number of aliphatic hydroxyl groups is 1. The van der Waals surface area contributed by atoms with Crippen molar-refractivity contribution in [3.63, 3.8) is 0 Å². The molecule has 0 unspecified atom stereocenters. The molecule has 6 heteroatoms. The lowest BCUT2D eigenvalue weighted by molar-refractivity contribution is -0.123. The lowest BCUT2D eigenvalue weighted by atomic mass is 9.65. The third-order valence-electron chi connectivity index (χ3n) is 10.5. The van der Waals surface area contributed by atoms with Crippen molar-refractivity contribution in [2.45, 2.75) is 121 Å². The number of amides is 2. The molecule has 5 rings (SSSR count). The molecule has 0 spiro atoms. The molecular weight excluding hydrogens is 462 g/mol. The van der Waals surface area contributed by atoms with Gasteiger partial charge in [-0.2, -0.15) is 0 Å². The van der Waals surface area contributed by atoms with Gasteiger partial charge in [-0.25, -0.2) is 4.79 Å². The summed E-state index contributed by atoms with van der Waals surface area (Å²) in [5.41, 5.74) is 0. The molecule has 0 aromatic rings. The molecule has 2 N–H and O–H groups in total. The Labute approximate surface area is 225 Å². The minimum absolute atomic E-state index is 0.121. The van der Waals surface area contributed by atoms with Gasteiger partial charge in [0.2, 0.25) is 0 Å². The third kappa shape index (κ3) is 6.65. The predicted molar refractivity (Wildman–Crippen MR) is 147 cm³/mol. The Morgan fingerprint density at radius 3 is 2.22 bits per heavy atom. The van der Waals surface area contributed by atoms with E-state index >= 15 is 0 Å². The van der Waals surface area contributed by atoms with Crippen molar-refractivity contribution in [1.29, 1.82) is 0 Å². The SMILES string of the molecule is COC1CCC(NC(=O)N2CCCCN3[C@H](CO)[C@H](C4CCC(C#CC5CCCCC5)CC4)[C@@H]3C2)CC1. The van der Waals surface area contributed by atoms with Crippen molar-refractivity contribution in [2.24, 2.45) is 23.7 Å². The molecule has 2 saturated heterocycles. The maximum absolute atomic E-state index is 13.3. The van der Waals surface area contributed by atoms with E-state index in [4.69, 9.17) is 4.74 Å². The van der Waals surface area contributed by atoms with E-state index in [0.29, 0.717) is 35.8 Å². The molecule has 208 valence electrons. The number of ether oxygens (including phenoxy) is 1. The van der Waals surface area contributed by atoms with Crippen molar-refractivity contribution < 1.29 is 14.6 Å². The van der Waals surface area contributed by atoms with Crippen LogP contribution in [0.2, 0.25) is 0 Å². The van der Waals surface area contributed by atoms with Crippen LogP contribution in [0, 0.1) is 35.5 Å². The Balaban J connectivity index is 1.16. The molecule has 0 bridgehead atoms. The summed E-state index contributed by atoms with van der Waals surface area (Å²) in [5.74, 6) is 9.69. The van der Waals surface area contributed by atoms with E-state index in [9.17, 15) is 9.90 Å². The van der Waals surface area contributed by atoms with Crippen LogP contribution in [0.1, 0.15) is 96.3 Å². The van der Waals surface area contributed by atoms with Gasteiger partial charge in [-0.3, -0.25) is 4.90 Å². The van der Waals surface area contributed by atoms with E-state index in [-0.39, 0.29) is 24.7 Å². The van der Waals surface area contributed by atoms with Crippen LogP contribution in [-0.2, 0) is 4.74 Å². The first kappa shape index (κ1) is 27.3. The van der Waals surface area contributed by atoms with Gasteiger partial charge >= 0.3 is 6.03 Å². The van der Waals surface area contributed by atoms with Gasteiger partial charge < -0.3 is 20.1 Å². The molecule has 5 fully saturated rings. The van der Waals surface area contributed by atoms with Gasteiger partial charge in [-0.1, -0.05) is 31.1 Å². The summed E-state index contributed by atoms with van der Waals surface area (Å²) in [5, 5.41) is 13.7. The first-order valence-corrected chi connectivity index (χ1v) is 15.6. The summed E-state index contributed by atoms with van der Waals surface area (Å²) < 4.78 is 5.51. The maximum atomic E-state index is 13.3. The van der Waals surface area contributed by atoms with Crippen LogP contribution in [0.4, 0.5) is 4.79 Å². The van der Waals surface area contributed by atoms with E-state index in [1.807, 2.05) is 0 Å². The number of nitrogens with zero attached hydrogens (tertiary/aromatic N) is 2. The van der Waals surface area contributed by atoms with Crippen LogP contribution in [0.5, 0.6) is 0 Å². The van der Waals surface area contributed by atoms with Crippen molar-refractivity contribution >= 4 is 6.03 Å². The molecule has 2 amide bonds. The second-order valence-electron chi connectivity index (χ2n) is 12.7. The van der Waals surface area contributed by atoms with Crippen LogP contribution in [0.25, 0.3) is 0 Å². The highest BCUT2D eigenvalue weighted by molar-refractivity contribution is 5.74. The zero-order valence-electron chi connectivity index (χ0n) is 23.2. The van der Waals surface area contributed by atoms with Gasteiger partial charge in [0.05, 0.1) is 12.7 Å². The van der Waals surface area contributed by atoms with Crippen molar-refractivity contribution in [3.8, 4) is 11.8 Å². The first-order valence-electron chi connectivity index (χ1n) is 15.6. The summed E-state index contributed by atoms with van der Waals surface area (Å²) in [4.78, 5) is 18.0. The van der Waals surface area contributed by atoms with Gasteiger partial charge in [0.1, 0.15) is 0 Å². The van der Waals surface area contributed by atoms with Crippen molar-refractivity contribution in [3.05, 3.63) is 0 Å². The molecular formula is C31H51N3O3. The molecule has 3 atom stereocenters. The molecule has 0 aromatic heterocycles. The monoisotopic (exact) mass is 513 g/mol. The number of fused-ring (bicyclic) bond motifs is 1. The number of nitrogens with one attached hydrogen (secondary N) is 1. The van der Waals surface area contributed by atoms with Gasteiger partial charge in [0.15, 0.2) is 0 Å². The Morgan fingerprint density at radius 2 is 1.54 bits per heavy atom. The van der Waals surface area contributed by atoms with E-state index in [0.717, 1.165) is 58.2 Å². The fourth-order valence-corrected chi connectivity index (χ4v) is 8.19. The highest BCUT2D eigenvalue weighted by Gasteiger charge is 2.52. The average molecular weight is 514 g/mol. The summed E-state index contributed by atoms with van der Waals surface area (Å²) in [6, 6.07) is 1.05. The highest BCUT2D eigenvalue weighted by atomic mass is 16.5. The maximum Gasteiger partial charge on any atom is 0.317 e. The fourth-order valence-electron chi connectivity index (χ4n) is 8.19.